The number of pyridine rings is 1. The predicted octanol–water partition coefficient (Wildman–Crippen LogP) is 1.18. The molecule has 138 valence electrons. The van der Waals surface area contributed by atoms with Gasteiger partial charge in [-0.15, -0.1) is 0 Å². The maximum absolute atomic E-state index is 12.8. The van der Waals surface area contributed by atoms with Gasteiger partial charge in [-0.05, 0) is 68.4 Å². The first-order chi connectivity index (χ1) is 12.5. The van der Waals surface area contributed by atoms with Crippen LogP contribution in [0.3, 0.4) is 0 Å². The number of rotatable bonds is 4. The zero-order valence-corrected chi connectivity index (χ0v) is 14.7. The minimum Gasteiger partial charge on any atom is -0.346 e. The Morgan fingerprint density at radius 1 is 1.00 bits per heavy atom. The van der Waals surface area contributed by atoms with Crippen LogP contribution in [0, 0.1) is 23.2 Å². The van der Waals surface area contributed by atoms with Gasteiger partial charge in [0, 0.05) is 11.6 Å². The van der Waals surface area contributed by atoms with Crippen molar-refractivity contribution in [3.05, 3.63) is 30.1 Å². The first kappa shape index (κ1) is 17.0. The third-order valence-corrected chi connectivity index (χ3v) is 6.14. The van der Waals surface area contributed by atoms with Crippen LogP contribution in [0.15, 0.2) is 24.4 Å². The van der Waals surface area contributed by atoms with Crippen molar-refractivity contribution in [2.45, 2.75) is 38.5 Å². The number of hydrogen-bond donors (Lipinski definition) is 3. The quantitative estimate of drug-likeness (QED) is 0.705. The van der Waals surface area contributed by atoms with Crippen molar-refractivity contribution < 1.29 is 14.4 Å². The Labute approximate surface area is 152 Å². The highest BCUT2D eigenvalue weighted by molar-refractivity contribution is 5.94. The second-order valence-corrected chi connectivity index (χ2v) is 8.10. The minimum absolute atomic E-state index is 0.00259. The van der Waals surface area contributed by atoms with E-state index in [-0.39, 0.29) is 23.6 Å². The molecule has 1 aromatic rings. The molecule has 26 heavy (non-hydrogen) atoms. The third kappa shape index (κ3) is 3.30. The average Bonchev–Trinajstić information content (AvgIpc) is 2.63. The average molecular weight is 356 g/mol. The first-order valence-corrected chi connectivity index (χ1v) is 9.32. The standard InChI is InChI=1S/C19H24N4O3/c24-16(22-23-17(25)15-3-1-2-4-20-15)11-21-18(26)19-8-12-5-13(9-19)7-14(6-12)10-19/h1-4,12-14H,5-11H2,(H,21,26)(H,22,24)(H,23,25). The molecule has 4 aliphatic carbocycles. The number of nitrogens with zero attached hydrogens (tertiary/aromatic N) is 1. The fourth-order valence-electron chi connectivity index (χ4n) is 5.47. The lowest BCUT2D eigenvalue weighted by atomic mass is 9.49. The summed E-state index contributed by atoms with van der Waals surface area (Å²) in [6, 6.07) is 4.95. The van der Waals surface area contributed by atoms with Gasteiger partial charge in [-0.3, -0.25) is 30.2 Å². The molecule has 4 aliphatic rings. The van der Waals surface area contributed by atoms with Gasteiger partial charge in [0.1, 0.15) is 5.69 Å². The van der Waals surface area contributed by atoms with Crippen molar-refractivity contribution in [3.8, 4) is 0 Å². The lowest BCUT2D eigenvalue weighted by Crippen LogP contribution is -2.55. The Bertz CT molecular complexity index is 683. The van der Waals surface area contributed by atoms with E-state index in [0.717, 1.165) is 19.3 Å². The molecule has 3 amide bonds. The number of amides is 3. The Morgan fingerprint density at radius 2 is 1.65 bits per heavy atom. The predicted molar refractivity (Wildman–Crippen MR) is 93.5 cm³/mol. The van der Waals surface area contributed by atoms with Gasteiger partial charge in [-0.2, -0.15) is 0 Å². The molecule has 0 aliphatic heterocycles. The fourth-order valence-corrected chi connectivity index (χ4v) is 5.47. The second-order valence-electron chi connectivity index (χ2n) is 8.10. The van der Waals surface area contributed by atoms with Crippen LogP contribution in [-0.4, -0.2) is 29.3 Å². The van der Waals surface area contributed by atoms with E-state index in [1.807, 2.05) is 0 Å². The molecular formula is C19H24N4O3. The number of carbonyl (C=O) groups is 3. The molecule has 3 N–H and O–H groups in total. The summed E-state index contributed by atoms with van der Waals surface area (Å²) in [6.07, 6.45) is 8.20. The monoisotopic (exact) mass is 356 g/mol. The number of aromatic nitrogens is 1. The van der Waals surface area contributed by atoms with Gasteiger partial charge in [0.2, 0.25) is 5.91 Å². The maximum atomic E-state index is 12.8. The molecule has 0 spiro atoms. The van der Waals surface area contributed by atoms with E-state index in [1.54, 1.807) is 18.2 Å². The molecular weight excluding hydrogens is 332 g/mol. The van der Waals surface area contributed by atoms with Crippen LogP contribution in [0.5, 0.6) is 0 Å². The second kappa shape index (κ2) is 6.70. The molecule has 4 saturated carbocycles. The van der Waals surface area contributed by atoms with Crippen LogP contribution < -0.4 is 16.2 Å². The number of hydrogen-bond acceptors (Lipinski definition) is 4. The molecule has 4 bridgehead atoms. The molecule has 7 nitrogen and oxygen atoms in total. The summed E-state index contributed by atoms with van der Waals surface area (Å²) in [5.41, 5.74) is 4.56. The summed E-state index contributed by atoms with van der Waals surface area (Å²) >= 11 is 0. The summed E-state index contributed by atoms with van der Waals surface area (Å²) in [5, 5.41) is 2.79. The van der Waals surface area contributed by atoms with E-state index in [9.17, 15) is 14.4 Å². The molecule has 0 aromatic carbocycles. The fraction of sp³-hybridized carbons (Fsp3) is 0.579. The van der Waals surface area contributed by atoms with Crippen molar-refractivity contribution in [2.24, 2.45) is 23.2 Å². The molecule has 7 heteroatoms. The zero-order valence-electron chi connectivity index (χ0n) is 14.7. The van der Waals surface area contributed by atoms with Gasteiger partial charge in [0.05, 0.1) is 6.54 Å². The lowest BCUT2D eigenvalue weighted by Gasteiger charge is -2.55. The summed E-state index contributed by atoms with van der Waals surface area (Å²) in [5.74, 6) is 1.09. The Balaban J connectivity index is 1.26. The lowest BCUT2D eigenvalue weighted by molar-refractivity contribution is -0.147. The number of nitrogens with one attached hydrogen (secondary N) is 3. The van der Waals surface area contributed by atoms with Crippen molar-refractivity contribution in [1.29, 1.82) is 0 Å². The van der Waals surface area contributed by atoms with Crippen LogP contribution >= 0.6 is 0 Å². The van der Waals surface area contributed by atoms with Crippen molar-refractivity contribution >= 4 is 17.7 Å². The molecule has 0 radical (unpaired) electrons. The maximum Gasteiger partial charge on any atom is 0.288 e. The van der Waals surface area contributed by atoms with Crippen LogP contribution in [-0.2, 0) is 9.59 Å². The first-order valence-electron chi connectivity index (χ1n) is 9.32. The van der Waals surface area contributed by atoms with Gasteiger partial charge in [-0.25, -0.2) is 0 Å². The van der Waals surface area contributed by atoms with Crippen molar-refractivity contribution in [2.75, 3.05) is 6.54 Å². The third-order valence-electron chi connectivity index (χ3n) is 6.14. The van der Waals surface area contributed by atoms with Crippen LogP contribution in [0.1, 0.15) is 49.0 Å². The van der Waals surface area contributed by atoms with Gasteiger partial charge in [0.25, 0.3) is 11.8 Å². The van der Waals surface area contributed by atoms with Crippen molar-refractivity contribution in [1.82, 2.24) is 21.2 Å². The number of hydrazine groups is 1. The SMILES string of the molecule is O=C(CNC(=O)C12CC3CC(CC(C3)C1)C2)NNC(=O)c1ccccn1. The van der Waals surface area contributed by atoms with Gasteiger partial charge >= 0.3 is 0 Å². The summed E-state index contributed by atoms with van der Waals surface area (Å²) in [4.78, 5) is 40.5. The summed E-state index contributed by atoms with van der Waals surface area (Å²) < 4.78 is 0. The van der Waals surface area contributed by atoms with Crippen LogP contribution in [0.25, 0.3) is 0 Å². The van der Waals surface area contributed by atoms with E-state index in [1.165, 1.54) is 25.5 Å². The Morgan fingerprint density at radius 3 is 2.23 bits per heavy atom. The van der Waals surface area contributed by atoms with Gasteiger partial charge < -0.3 is 5.32 Å². The van der Waals surface area contributed by atoms with Crippen LogP contribution in [0.4, 0.5) is 0 Å². The summed E-state index contributed by atoms with van der Waals surface area (Å²) in [7, 11) is 0. The molecule has 0 saturated heterocycles. The zero-order chi connectivity index (χ0) is 18.1. The van der Waals surface area contributed by atoms with Gasteiger partial charge in [0.15, 0.2) is 0 Å². The normalized spacial score (nSPS) is 31.3. The number of carbonyl (C=O) groups excluding carboxylic acids is 3. The molecule has 1 heterocycles. The highest BCUT2D eigenvalue weighted by atomic mass is 16.2. The molecule has 4 fully saturated rings. The van der Waals surface area contributed by atoms with E-state index in [0.29, 0.717) is 17.8 Å². The molecule has 0 atom stereocenters. The smallest absolute Gasteiger partial charge is 0.288 e. The highest BCUT2D eigenvalue weighted by Gasteiger charge is 2.54. The van der Waals surface area contributed by atoms with Crippen molar-refractivity contribution in [3.63, 3.8) is 0 Å². The van der Waals surface area contributed by atoms with E-state index in [4.69, 9.17) is 0 Å². The van der Waals surface area contributed by atoms with Crippen LogP contribution in [0.2, 0.25) is 0 Å². The van der Waals surface area contributed by atoms with Gasteiger partial charge in [-0.1, -0.05) is 6.07 Å². The largest absolute Gasteiger partial charge is 0.346 e. The molecule has 1 aromatic heterocycles. The Kier molecular flexibility index (Phi) is 4.38. The minimum atomic E-state index is -0.494. The topological polar surface area (TPSA) is 100 Å². The molecule has 0 unspecified atom stereocenters. The van der Waals surface area contributed by atoms with E-state index < -0.39 is 11.8 Å². The molecule has 5 rings (SSSR count). The van der Waals surface area contributed by atoms with E-state index >= 15 is 0 Å². The van der Waals surface area contributed by atoms with E-state index in [2.05, 4.69) is 21.2 Å². The Hall–Kier alpha value is -2.44. The summed E-state index contributed by atoms with van der Waals surface area (Å²) in [6.45, 7) is -0.136. The highest BCUT2D eigenvalue weighted by Crippen LogP contribution is 2.60.